The summed E-state index contributed by atoms with van der Waals surface area (Å²) in [4.78, 5) is 9.00. The number of carboxylic acid groups (broad SMARTS) is 1. The fraction of sp³-hybridized carbons (Fsp3) is 0.857. The lowest BCUT2D eigenvalue weighted by Crippen LogP contribution is -2.09. The topological polar surface area (TPSA) is 46.5 Å². The lowest BCUT2D eigenvalue weighted by atomic mass is 10.3. The van der Waals surface area contributed by atoms with E-state index in [1.807, 2.05) is 0 Å². The third kappa shape index (κ3) is 6.19. The number of thiol groups is 1. The molecule has 0 spiro atoms. The Balaban J connectivity index is 0.000000218. The molecule has 2 atom stereocenters. The van der Waals surface area contributed by atoms with E-state index >= 15 is 0 Å². The summed E-state index contributed by atoms with van der Waals surface area (Å²) < 4.78 is 5.19. The molecule has 11 heavy (non-hydrogen) atoms. The average molecular weight is 178 g/mol. The summed E-state index contributed by atoms with van der Waals surface area (Å²) in [5.41, 5.74) is 0. The van der Waals surface area contributed by atoms with Gasteiger partial charge in [-0.25, -0.2) is 0 Å². The van der Waals surface area contributed by atoms with Crippen LogP contribution in [0.3, 0.4) is 0 Å². The largest absolute Gasteiger partial charge is 0.481 e. The standard InChI is InChI=1S/C5H10OS.C2H4O2/c1-4-5(7)2-3-6-4;1-2(3)4/h4-5,7H,2-3H2,1H3;1H3,(H,3,4). The van der Waals surface area contributed by atoms with Crippen LogP contribution < -0.4 is 0 Å². The van der Waals surface area contributed by atoms with Crippen molar-refractivity contribution in [1.29, 1.82) is 0 Å². The number of rotatable bonds is 0. The Morgan fingerprint density at radius 3 is 2.27 bits per heavy atom. The van der Waals surface area contributed by atoms with Gasteiger partial charge in [0.05, 0.1) is 6.10 Å². The summed E-state index contributed by atoms with van der Waals surface area (Å²) in [6.07, 6.45) is 1.49. The first kappa shape index (κ1) is 10.8. The van der Waals surface area contributed by atoms with E-state index in [4.69, 9.17) is 14.6 Å². The molecule has 1 heterocycles. The monoisotopic (exact) mass is 178 g/mol. The first-order valence-electron chi connectivity index (χ1n) is 3.53. The van der Waals surface area contributed by atoms with Crippen molar-refractivity contribution in [3.8, 4) is 0 Å². The van der Waals surface area contributed by atoms with Gasteiger partial charge in [0.1, 0.15) is 0 Å². The second-order valence-corrected chi connectivity index (χ2v) is 3.11. The Kier molecular flexibility index (Phi) is 5.32. The highest BCUT2D eigenvalue weighted by Gasteiger charge is 2.19. The van der Waals surface area contributed by atoms with Gasteiger partial charge in [-0.3, -0.25) is 4.79 Å². The van der Waals surface area contributed by atoms with E-state index in [0.29, 0.717) is 11.4 Å². The smallest absolute Gasteiger partial charge is 0.300 e. The van der Waals surface area contributed by atoms with E-state index in [0.717, 1.165) is 20.0 Å². The molecule has 1 N–H and O–H groups in total. The highest BCUT2D eigenvalue weighted by molar-refractivity contribution is 7.81. The van der Waals surface area contributed by atoms with Crippen molar-refractivity contribution in [1.82, 2.24) is 0 Å². The second kappa shape index (κ2) is 5.43. The quantitative estimate of drug-likeness (QED) is 0.548. The van der Waals surface area contributed by atoms with Crippen LogP contribution in [0, 0.1) is 0 Å². The summed E-state index contributed by atoms with van der Waals surface area (Å²) in [6.45, 7) is 4.04. The molecule has 1 rings (SSSR count). The second-order valence-electron chi connectivity index (χ2n) is 2.45. The van der Waals surface area contributed by atoms with Crippen LogP contribution in [0.15, 0.2) is 0 Å². The van der Waals surface area contributed by atoms with Crippen molar-refractivity contribution in [2.75, 3.05) is 6.61 Å². The Morgan fingerprint density at radius 2 is 2.18 bits per heavy atom. The van der Waals surface area contributed by atoms with Crippen molar-refractivity contribution >= 4 is 18.6 Å². The maximum atomic E-state index is 9.00. The molecule has 1 aliphatic rings. The van der Waals surface area contributed by atoms with Crippen LogP contribution >= 0.6 is 12.6 Å². The first-order chi connectivity index (χ1) is 5.04. The fourth-order valence-corrected chi connectivity index (χ4v) is 0.912. The average Bonchev–Trinajstić information content (AvgIpc) is 2.15. The van der Waals surface area contributed by atoms with Crippen LogP contribution in [-0.2, 0) is 9.53 Å². The van der Waals surface area contributed by atoms with Crippen LogP contribution in [-0.4, -0.2) is 29.0 Å². The van der Waals surface area contributed by atoms with Crippen LogP contribution in [0.2, 0.25) is 0 Å². The van der Waals surface area contributed by atoms with Gasteiger partial charge in [-0.05, 0) is 13.3 Å². The molecule has 4 heteroatoms. The Labute approximate surface area is 72.2 Å². The molecule has 0 amide bonds. The number of hydrogen-bond acceptors (Lipinski definition) is 3. The predicted octanol–water partition coefficient (Wildman–Crippen LogP) is 1.18. The van der Waals surface area contributed by atoms with E-state index in [-0.39, 0.29) is 0 Å². The molecule has 0 aromatic carbocycles. The van der Waals surface area contributed by atoms with Gasteiger partial charge in [-0.1, -0.05) is 0 Å². The molecule has 0 aromatic heterocycles. The minimum absolute atomic E-state index is 0.378. The minimum Gasteiger partial charge on any atom is -0.481 e. The summed E-state index contributed by atoms with van der Waals surface area (Å²) in [7, 11) is 0. The maximum absolute atomic E-state index is 9.00. The molecule has 0 bridgehead atoms. The Hall–Kier alpha value is -0.220. The van der Waals surface area contributed by atoms with Gasteiger partial charge in [0.15, 0.2) is 0 Å². The number of carbonyl (C=O) groups is 1. The minimum atomic E-state index is -0.833. The summed E-state index contributed by atoms with van der Waals surface area (Å²) in [5.74, 6) is -0.833. The molecule has 1 fully saturated rings. The number of aliphatic carboxylic acids is 1. The van der Waals surface area contributed by atoms with Gasteiger partial charge in [0, 0.05) is 18.8 Å². The molecule has 3 nitrogen and oxygen atoms in total. The number of hydrogen-bond donors (Lipinski definition) is 2. The fourth-order valence-electron chi connectivity index (χ4n) is 0.720. The highest BCUT2D eigenvalue weighted by Crippen LogP contribution is 2.17. The van der Waals surface area contributed by atoms with Gasteiger partial charge in [-0.15, -0.1) is 0 Å². The van der Waals surface area contributed by atoms with Crippen molar-refractivity contribution in [2.45, 2.75) is 31.6 Å². The molecular formula is C7H14O3S. The van der Waals surface area contributed by atoms with Gasteiger partial charge in [0.2, 0.25) is 0 Å². The molecule has 1 saturated heterocycles. The van der Waals surface area contributed by atoms with Crippen LogP contribution in [0.1, 0.15) is 20.3 Å². The molecule has 1 aliphatic heterocycles. The zero-order valence-electron chi connectivity index (χ0n) is 6.78. The van der Waals surface area contributed by atoms with E-state index in [1.54, 1.807) is 0 Å². The Bertz CT molecular complexity index is 115. The van der Waals surface area contributed by atoms with Crippen molar-refractivity contribution < 1.29 is 14.6 Å². The highest BCUT2D eigenvalue weighted by atomic mass is 32.1. The molecule has 66 valence electrons. The molecule has 0 saturated carbocycles. The van der Waals surface area contributed by atoms with E-state index in [1.165, 1.54) is 0 Å². The van der Waals surface area contributed by atoms with Gasteiger partial charge in [-0.2, -0.15) is 12.6 Å². The van der Waals surface area contributed by atoms with Crippen molar-refractivity contribution in [3.63, 3.8) is 0 Å². The van der Waals surface area contributed by atoms with E-state index in [9.17, 15) is 0 Å². The molecule has 2 unspecified atom stereocenters. The van der Waals surface area contributed by atoms with E-state index < -0.39 is 5.97 Å². The number of carboxylic acids is 1. The molecule has 0 aromatic rings. The maximum Gasteiger partial charge on any atom is 0.300 e. The van der Waals surface area contributed by atoms with Gasteiger partial charge < -0.3 is 9.84 Å². The zero-order valence-corrected chi connectivity index (χ0v) is 7.67. The van der Waals surface area contributed by atoms with Gasteiger partial charge >= 0.3 is 0 Å². The van der Waals surface area contributed by atoms with E-state index in [2.05, 4.69) is 19.6 Å². The van der Waals surface area contributed by atoms with Crippen LogP contribution in [0.4, 0.5) is 0 Å². The normalized spacial score (nSPS) is 29.0. The third-order valence-corrected chi connectivity index (χ3v) is 2.01. The molecule has 0 aliphatic carbocycles. The van der Waals surface area contributed by atoms with Crippen molar-refractivity contribution in [3.05, 3.63) is 0 Å². The van der Waals surface area contributed by atoms with Gasteiger partial charge in [0.25, 0.3) is 5.97 Å². The predicted molar refractivity (Wildman–Crippen MR) is 46.1 cm³/mol. The molecular weight excluding hydrogens is 164 g/mol. The molecule has 0 radical (unpaired) electrons. The summed E-state index contributed by atoms with van der Waals surface area (Å²) in [6, 6.07) is 0. The van der Waals surface area contributed by atoms with Crippen molar-refractivity contribution in [2.24, 2.45) is 0 Å². The Morgan fingerprint density at radius 1 is 1.73 bits per heavy atom. The number of ether oxygens (including phenoxy) is 1. The summed E-state index contributed by atoms with van der Waals surface area (Å²) >= 11 is 4.26. The summed E-state index contributed by atoms with van der Waals surface area (Å²) in [5, 5.41) is 7.90. The first-order valence-corrected chi connectivity index (χ1v) is 4.05. The third-order valence-electron chi connectivity index (χ3n) is 1.34. The lowest BCUT2D eigenvalue weighted by Gasteiger charge is -2.03. The van der Waals surface area contributed by atoms with Crippen LogP contribution in [0.25, 0.3) is 0 Å². The van der Waals surface area contributed by atoms with Crippen LogP contribution in [0.5, 0.6) is 0 Å². The zero-order chi connectivity index (χ0) is 8.85. The lowest BCUT2D eigenvalue weighted by molar-refractivity contribution is -0.134. The SMILES string of the molecule is CC(=O)O.CC1OCCC1S.